The van der Waals surface area contributed by atoms with Crippen molar-refractivity contribution in [3.8, 4) is 28.7 Å². The predicted octanol–water partition coefficient (Wildman–Crippen LogP) is 3.47. The molecule has 0 spiro atoms. The van der Waals surface area contributed by atoms with E-state index >= 15 is 0 Å². The van der Waals surface area contributed by atoms with Gasteiger partial charge in [-0.1, -0.05) is 22.8 Å². The lowest BCUT2D eigenvalue weighted by molar-refractivity contribution is 0.431. The normalized spacial score (nSPS) is 10.7. The smallest absolute Gasteiger partial charge is 0.259 e. The van der Waals surface area contributed by atoms with Crippen molar-refractivity contribution in [1.29, 1.82) is 0 Å². The van der Waals surface area contributed by atoms with Crippen LogP contribution < -0.4 is 0 Å². The van der Waals surface area contributed by atoms with E-state index in [4.69, 9.17) is 16.1 Å². The molecule has 0 radical (unpaired) electrons. The van der Waals surface area contributed by atoms with Gasteiger partial charge in [-0.2, -0.15) is 4.98 Å². The van der Waals surface area contributed by atoms with Gasteiger partial charge < -0.3 is 9.63 Å². The molecule has 0 aliphatic heterocycles. The Morgan fingerprint density at radius 1 is 1.15 bits per heavy atom. The molecule has 20 heavy (non-hydrogen) atoms. The number of phenols is 1. The zero-order valence-electron chi connectivity index (χ0n) is 10.5. The van der Waals surface area contributed by atoms with Crippen molar-refractivity contribution in [3.63, 3.8) is 0 Å². The number of halogens is 1. The first kappa shape index (κ1) is 12.6. The van der Waals surface area contributed by atoms with Crippen LogP contribution in [0.3, 0.4) is 0 Å². The highest BCUT2D eigenvalue weighted by Crippen LogP contribution is 2.30. The average molecular weight is 288 g/mol. The second-order valence-corrected chi connectivity index (χ2v) is 4.66. The van der Waals surface area contributed by atoms with E-state index in [0.717, 1.165) is 5.69 Å². The summed E-state index contributed by atoms with van der Waals surface area (Å²) in [5.41, 5.74) is 1.97. The van der Waals surface area contributed by atoms with Crippen LogP contribution in [-0.4, -0.2) is 20.2 Å². The Labute approximate surface area is 119 Å². The summed E-state index contributed by atoms with van der Waals surface area (Å²) < 4.78 is 5.18. The van der Waals surface area contributed by atoms with E-state index < -0.39 is 0 Å². The first-order chi connectivity index (χ1) is 9.63. The molecule has 0 bridgehead atoms. The van der Waals surface area contributed by atoms with E-state index in [9.17, 15) is 5.11 Å². The van der Waals surface area contributed by atoms with Gasteiger partial charge in [-0.3, -0.25) is 0 Å². The molecule has 1 N–H and O–H groups in total. The molecule has 3 rings (SSSR count). The summed E-state index contributed by atoms with van der Waals surface area (Å²) in [6.07, 6.45) is 0. The first-order valence-electron chi connectivity index (χ1n) is 5.90. The van der Waals surface area contributed by atoms with Crippen molar-refractivity contribution in [2.75, 3.05) is 0 Å². The van der Waals surface area contributed by atoms with E-state index in [-0.39, 0.29) is 11.6 Å². The fourth-order valence-corrected chi connectivity index (χ4v) is 1.98. The molecule has 0 atom stereocenters. The second-order valence-electron chi connectivity index (χ2n) is 4.25. The summed E-state index contributed by atoms with van der Waals surface area (Å²) in [5, 5.41) is 13.8. The van der Waals surface area contributed by atoms with Crippen molar-refractivity contribution < 1.29 is 9.63 Å². The molecule has 0 saturated heterocycles. The lowest BCUT2D eigenvalue weighted by Gasteiger charge is -1.98. The Morgan fingerprint density at radius 3 is 2.80 bits per heavy atom. The number of aromatic hydroxyl groups is 1. The van der Waals surface area contributed by atoms with Crippen LogP contribution in [0.25, 0.3) is 23.0 Å². The molecule has 6 heteroatoms. The third kappa shape index (κ3) is 2.35. The van der Waals surface area contributed by atoms with Gasteiger partial charge in [0.1, 0.15) is 11.4 Å². The zero-order chi connectivity index (χ0) is 14.1. The summed E-state index contributed by atoms with van der Waals surface area (Å²) in [6, 6.07) is 10.1. The number of pyridine rings is 1. The van der Waals surface area contributed by atoms with Crippen molar-refractivity contribution in [1.82, 2.24) is 15.1 Å². The molecular weight excluding hydrogens is 278 g/mol. The van der Waals surface area contributed by atoms with Gasteiger partial charge in [0.15, 0.2) is 0 Å². The molecule has 0 amide bonds. The molecule has 100 valence electrons. The SMILES string of the molecule is Cc1cccc(-c2noc(-c3cc(O)ccc3Cl)n2)n1. The second kappa shape index (κ2) is 4.94. The quantitative estimate of drug-likeness (QED) is 0.781. The third-order valence-corrected chi connectivity index (χ3v) is 3.05. The van der Waals surface area contributed by atoms with Crippen LogP contribution in [0.2, 0.25) is 5.02 Å². The lowest BCUT2D eigenvalue weighted by Crippen LogP contribution is -1.88. The van der Waals surface area contributed by atoms with Crippen molar-refractivity contribution in [2.24, 2.45) is 0 Å². The Morgan fingerprint density at radius 2 is 2.00 bits per heavy atom. The number of nitrogens with zero attached hydrogens (tertiary/aromatic N) is 3. The van der Waals surface area contributed by atoms with Crippen LogP contribution in [0.15, 0.2) is 40.9 Å². The molecule has 1 aromatic carbocycles. The lowest BCUT2D eigenvalue weighted by atomic mass is 10.2. The predicted molar refractivity (Wildman–Crippen MR) is 74.4 cm³/mol. The summed E-state index contributed by atoms with van der Waals surface area (Å²) in [7, 11) is 0. The van der Waals surface area contributed by atoms with E-state index in [0.29, 0.717) is 22.1 Å². The van der Waals surface area contributed by atoms with Gasteiger partial charge in [0, 0.05) is 5.69 Å². The number of phenolic OH excluding ortho intramolecular Hbond substituents is 1. The molecule has 5 nitrogen and oxygen atoms in total. The number of benzene rings is 1. The third-order valence-electron chi connectivity index (χ3n) is 2.72. The van der Waals surface area contributed by atoms with Gasteiger partial charge >= 0.3 is 0 Å². The summed E-state index contributed by atoms with van der Waals surface area (Å²) in [6.45, 7) is 1.89. The summed E-state index contributed by atoms with van der Waals surface area (Å²) >= 11 is 6.06. The van der Waals surface area contributed by atoms with Gasteiger partial charge in [0.05, 0.1) is 10.6 Å². The fourth-order valence-electron chi connectivity index (χ4n) is 1.78. The fraction of sp³-hybridized carbons (Fsp3) is 0.0714. The average Bonchev–Trinajstić information content (AvgIpc) is 2.91. The molecular formula is C14H10ClN3O2. The van der Waals surface area contributed by atoms with Crippen LogP contribution >= 0.6 is 11.6 Å². The first-order valence-corrected chi connectivity index (χ1v) is 6.28. The molecule has 3 aromatic rings. The maximum Gasteiger partial charge on any atom is 0.259 e. The van der Waals surface area contributed by atoms with Crippen LogP contribution in [0.5, 0.6) is 5.75 Å². The number of rotatable bonds is 2. The number of hydrogen-bond acceptors (Lipinski definition) is 5. The minimum absolute atomic E-state index is 0.0813. The van der Waals surface area contributed by atoms with Crippen molar-refractivity contribution in [2.45, 2.75) is 6.92 Å². The van der Waals surface area contributed by atoms with Gasteiger partial charge in [-0.25, -0.2) is 4.98 Å². The molecule has 0 aliphatic carbocycles. The van der Waals surface area contributed by atoms with Gasteiger partial charge in [-0.15, -0.1) is 0 Å². The van der Waals surface area contributed by atoms with E-state index in [1.54, 1.807) is 12.1 Å². The van der Waals surface area contributed by atoms with Crippen LogP contribution in [-0.2, 0) is 0 Å². The van der Waals surface area contributed by atoms with E-state index in [1.165, 1.54) is 12.1 Å². The molecule has 2 heterocycles. The molecule has 0 saturated carbocycles. The highest BCUT2D eigenvalue weighted by Gasteiger charge is 2.14. The zero-order valence-corrected chi connectivity index (χ0v) is 11.3. The Balaban J connectivity index is 2.04. The molecule has 0 aliphatic rings. The Bertz CT molecular complexity index is 771. The van der Waals surface area contributed by atoms with Gasteiger partial charge in [-0.05, 0) is 37.3 Å². The van der Waals surface area contributed by atoms with Crippen molar-refractivity contribution in [3.05, 3.63) is 47.1 Å². The van der Waals surface area contributed by atoms with Crippen LogP contribution in [0.4, 0.5) is 0 Å². The number of aryl methyl sites for hydroxylation is 1. The Hall–Kier alpha value is -2.40. The maximum absolute atomic E-state index is 9.50. The van der Waals surface area contributed by atoms with E-state index in [1.807, 2.05) is 19.1 Å². The summed E-state index contributed by atoms with van der Waals surface area (Å²) in [4.78, 5) is 8.58. The standard InChI is InChI=1S/C14H10ClN3O2/c1-8-3-2-4-12(16-8)13-17-14(20-18-13)10-7-9(19)5-6-11(10)15/h2-7,19H,1H3. The number of hydrogen-bond donors (Lipinski definition) is 1. The van der Waals surface area contributed by atoms with Gasteiger partial charge in [0.25, 0.3) is 5.89 Å². The minimum Gasteiger partial charge on any atom is -0.508 e. The Kier molecular flexibility index (Phi) is 3.12. The van der Waals surface area contributed by atoms with E-state index in [2.05, 4.69) is 15.1 Å². The molecule has 2 aromatic heterocycles. The van der Waals surface area contributed by atoms with Crippen LogP contribution in [0, 0.1) is 6.92 Å². The topological polar surface area (TPSA) is 72.0 Å². The van der Waals surface area contributed by atoms with Crippen molar-refractivity contribution >= 4 is 11.6 Å². The highest BCUT2D eigenvalue weighted by molar-refractivity contribution is 6.33. The monoisotopic (exact) mass is 287 g/mol. The molecule has 0 fully saturated rings. The minimum atomic E-state index is 0.0813. The van der Waals surface area contributed by atoms with Gasteiger partial charge in [0.2, 0.25) is 5.82 Å². The van der Waals surface area contributed by atoms with Crippen LogP contribution in [0.1, 0.15) is 5.69 Å². The molecule has 0 unspecified atom stereocenters. The highest BCUT2D eigenvalue weighted by atomic mass is 35.5. The number of aromatic nitrogens is 3. The maximum atomic E-state index is 9.50. The largest absolute Gasteiger partial charge is 0.508 e. The summed E-state index contributed by atoms with van der Waals surface area (Å²) in [5.74, 6) is 0.699.